The van der Waals surface area contributed by atoms with Crippen molar-refractivity contribution in [2.75, 3.05) is 5.32 Å². The summed E-state index contributed by atoms with van der Waals surface area (Å²) in [6.45, 7) is 0.819. The fraction of sp³-hybridized carbons (Fsp3) is 0.154. The van der Waals surface area contributed by atoms with Crippen LogP contribution in [-0.4, -0.2) is 21.2 Å². The summed E-state index contributed by atoms with van der Waals surface area (Å²) >= 11 is 0. The number of aromatic nitrogens is 1. The predicted octanol–water partition coefficient (Wildman–Crippen LogP) is 5.87. The highest BCUT2D eigenvalue weighted by Crippen LogP contribution is 2.34. The molecule has 2 N–H and O–H groups in total. The lowest BCUT2D eigenvalue weighted by molar-refractivity contribution is -0.138. The average Bonchev–Trinajstić information content (AvgIpc) is 3.21. The number of hydrogen-bond donors (Lipinski definition) is 2. The number of halogens is 5. The number of hydrogen-bond acceptors (Lipinski definition) is 3. The van der Waals surface area contributed by atoms with Gasteiger partial charge in [0.25, 0.3) is 5.91 Å². The number of anilines is 1. The normalized spacial score (nSPS) is 13.3. The highest BCUT2D eigenvalue weighted by molar-refractivity contribution is 5.97. The van der Waals surface area contributed by atoms with E-state index < -0.39 is 40.4 Å². The number of amides is 1. The van der Waals surface area contributed by atoms with Crippen LogP contribution in [-0.2, 0) is 17.5 Å². The summed E-state index contributed by atoms with van der Waals surface area (Å²) in [4.78, 5) is 12.8. The average molecular weight is 499 g/mol. The molecule has 184 valence electrons. The number of carbonyl (C=O) groups excluding carboxylic acids is 1. The topological polar surface area (TPSA) is 78.1 Å². The predicted molar refractivity (Wildman–Crippen MR) is 123 cm³/mol. The lowest BCUT2D eigenvalue weighted by Crippen LogP contribution is -2.43. The molecule has 1 atom stereocenters. The first kappa shape index (κ1) is 24.9. The third kappa shape index (κ3) is 4.92. The number of rotatable bonds is 5. The smallest absolute Gasteiger partial charge is 0.378 e. The van der Waals surface area contributed by atoms with Crippen LogP contribution in [0.2, 0.25) is 0 Å². The van der Waals surface area contributed by atoms with Gasteiger partial charge in [-0.1, -0.05) is 12.1 Å². The van der Waals surface area contributed by atoms with Gasteiger partial charge in [0.1, 0.15) is 11.6 Å². The highest BCUT2D eigenvalue weighted by Gasteiger charge is 2.35. The summed E-state index contributed by atoms with van der Waals surface area (Å²) in [5, 5.41) is 22.2. The molecule has 1 amide bonds. The second-order valence-corrected chi connectivity index (χ2v) is 8.44. The van der Waals surface area contributed by atoms with Crippen LogP contribution in [0.5, 0.6) is 0 Å². The fourth-order valence-electron chi connectivity index (χ4n) is 3.82. The molecule has 0 aliphatic heterocycles. The lowest BCUT2D eigenvalue weighted by atomic mass is 10.0. The maximum atomic E-state index is 14.8. The molecule has 4 aromatic rings. The van der Waals surface area contributed by atoms with Crippen molar-refractivity contribution < 1.29 is 31.9 Å². The highest BCUT2D eigenvalue weighted by atomic mass is 19.4. The summed E-state index contributed by atoms with van der Waals surface area (Å²) < 4.78 is 69.1. The molecule has 4 rings (SSSR count). The van der Waals surface area contributed by atoms with Crippen LogP contribution < -0.4 is 5.32 Å². The second-order valence-electron chi connectivity index (χ2n) is 8.44. The van der Waals surface area contributed by atoms with E-state index in [9.17, 15) is 31.9 Å². The fourth-order valence-corrected chi connectivity index (χ4v) is 3.82. The summed E-state index contributed by atoms with van der Waals surface area (Å²) in [5.74, 6) is -2.01. The first-order chi connectivity index (χ1) is 16.9. The van der Waals surface area contributed by atoms with Crippen LogP contribution in [0, 0.1) is 23.0 Å². The van der Waals surface area contributed by atoms with Gasteiger partial charge in [0.05, 0.1) is 29.3 Å². The van der Waals surface area contributed by atoms with Gasteiger partial charge in [0.2, 0.25) is 0 Å². The van der Waals surface area contributed by atoms with Crippen molar-refractivity contribution in [1.82, 2.24) is 4.57 Å². The molecule has 0 radical (unpaired) electrons. The molecule has 1 unspecified atom stereocenters. The number of fused-ring (bicyclic) bond motifs is 1. The van der Waals surface area contributed by atoms with Crippen molar-refractivity contribution in [3.63, 3.8) is 0 Å². The van der Waals surface area contributed by atoms with Crippen molar-refractivity contribution >= 4 is 22.5 Å². The molecular weight excluding hydrogens is 481 g/mol. The van der Waals surface area contributed by atoms with Crippen LogP contribution in [0.4, 0.5) is 27.6 Å². The number of aliphatic hydroxyl groups is 1. The summed E-state index contributed by atoms with van der Waals surface area (Å²) in [5.41, 5.74) is -2.85. The number of nitrogens with one attached hydrogen (secondary N) is 1. The minimum absolute atomic E-state index is 0.221. The van der Waals surface area contributed by atoms with Gasteiger partial charge in [-0.15, -0.1) is 0 Å². The molecule has 0 fully saturated rings. The van der Waals surface area contributed by atoms with Crippen LogP contribution in [0.25, 0.3) is 22.0 Å². The quantitative estimate of drug-likeness (QED) is 0.338. The van der Waals surface area contributed by atoms with E-state index in [0.29, 0.717) is 22.7 Å². The Morgan fingerprint density at radius 3 is 2.36 bits per heavy atom. The van der Waals surface area contributed by atoms with E-state index in [4.69, 9.17) is 5.26 Å². The molecule has 36 heavy (non-hydrogen) atoms. The van der Waals surface area contributed by atoms with Crippen LogP contribution in [0.15, 0.2) is 66.9 Å². The molecule has 5 nitrogen and oxygen atoms in total. The van der Waals surface area contributed by atoms with Crippen molar-refractivity contribution in [1.29, 1.82) is 5.26 Å². The van der Waals surface area contributed by atoms with Crippen molar-refractivity contribution in [2.45, 2.75) is 25.2 Å². The Kier molecular flexibility index (Phi) is 6.28. The molecule has 0 saturated carbocycles. The molecule has 0 saturated heterocycles. The SMILES string of the molecule is CC(O)(Cn1ccc2c(F)cc(-c3ccc(F)cc3)cc21)C(=O)Nc1ccc(C#N)c(C(F)(F)F)c1. The molecule has 0 spiro atoms. The minimum atomic E-state index is -4.81. The van der Waals surface area contributed by atoms with Crippen LogP contribution in [0.1, 0.15) is 18.1 Å². The van der Waals surface area contributed by atoms with Gasteiger partial charge in [0.15, 0.2) is 5.60 Å². The molecule has 1 aromatic heterocycles. The molecule has 0 bridgehead atoms. The Labute approximate surface area is 202 Å². The summed E-state index contributed by atoms with van der Waals surface area (Å²) in [7, 11) is 0. The van der Waals surface area contributed by atoms with Crippen molar-refractivity contribution in [3.8, 4) is 17.2 Å². The van der Waals surface area contributed by atoms with E-state index in [-0.39, 0.29) is 17.6 Å². The number of carbonyl (C=O) groups is 1. The Morgan fingerprint density at radius 2 is 1.72 bits per heavy atom. The van der Waals surface area contributed by atoms with Crippen LogP contribution >= 0.6 is 0 Å². The van der Waals surface area contributed by atoms with Crippen molar-refractivity contribution in [3.05, 3.63) is 89.6 Å². The number of alkyl halides is 3. The summed E-state index contributed by atoms with van der Waals surface area (Å²) in [6, 6.07) is 13.9. The maximum absolute atomic E-state index is 14.8. The van der Waals surface area contributed by atoms with Crippen molar-refractivity contribution in [2.24, 2.45) is 0 Å². The van der Waals surface area contributed by atoms with Gasteiger partial charge in [-0.3, -0.25) is 4.79 Å². The minimum Gasteiger partial charge on any atom is -0.378 e. The Hall–Kier alpha value is -4.23. The molecule has 3 aromatic carbocycles. The maximum Gasteiger partial charge on any atom is 0.417 e. The van der Waals surface area contributed by atoms with E-state index >= 15 is 0 Å². The summed E-state index contributed by atoms with van der Waals surface area (Å²) in [6.07, 6.45) is -3.35. The third-order valence-corrected chi connectivity index (χ3v) is 5.69. The van der Waals surface area contributed by atoms with Gasteiger partial charge in [-0.2, -0.15) is 18.4 Å². The molecule has 0 aliphatic carbocycles. The van der Waals surface area contributed by atoms with E-state index in [1.165, 1.54) is 60.2 Å². The Morgan fingerprint density at radius 1 is 1.03 bits per heavy atom. The Balaban J connectivity index is 1.62. The molecule has 0 aliphatic rings. The number of nitriles is 1. The number of benzene rings is 3. The zero-order valence-electron chi connectivity index (χ0n) is 18.7. The van der Waals surface area contributed by atoms with Gasteiger partial charge in [-0.25, -0.2) is 8.78 Å². The molecule has 10 heteroatoms. The zero-order chi connectivity index (χ0) is 26.3. The lowest BCUT2D eigenvalue weighted by Gasteiger charge is -2.24. The first-order valence-corrected chi connectivity index (χ1v) is 10.6. The van der Waals surface area contributed by atoms with Gasteiger partial charge in [0, 0.05) is 17.3 Å². The standard InChI is InChI=1S/C26H18F5N3O2/c1-25(36,24(35)33-19-7-4-16(13-32)21(12-19)26(29,30)31)14-34-9-8-20-22(28)10-17(11-23(20)34)15-2-5-18(27)6-3-15/h2-12,36H,14H2,1H3,(H,33,35). The second kappa shape index (κ2) is 9.09. The van der Waals surface area contributed by atoms with E-state index in [2.05, 4.69) is 5.32 Å². The van der Waals surface area contributed by atoms with E-state index in [0.717, 1.165) is 12.1 Å². The van der Waals surface area contributed by atoms with Crippen LogP contribution in [0.3, 0.4) is 0 Å². The number of nitrogens with zero attached hydrogens (tertiary/aromatic N) is 2. The third-order valence-electron chi connectivity index (χ3n) is 5.69. The first-order valence-electron chi connectivity index (χ1n) is 10.6. The van der Waals surface area contributed by atoms with Gasteiger partial charge >= 0.3 is 6.18 Å². The molecule has 1 heterocycles. The van der Waals surface area contributed by atoms with Gasteiger partial charge in [-0.05, 0) is 66.6 Å². The van der Waals surface area contributed by atoms with Gasteiger partial charge < -0.3 is 15.0 Å². The largest absolute Gasteiger partial charge is 0.417 e. The monoisotopic (exact) mass is 499 g/mol. The zero-order valence-corrected chi connectivity index (χ0v) is 18.7. The molecular formula is C26H18F5N3O2. The van der Waals surface area contributed by atoms with E-state index in [1.807, 2.05) is 0 Å². The Bertz CT molecular complexity index is 1500. The van der Waals surface area contributed by atoms with E-state index in [1.54, 1.807) is 6.07 Å².